The standard InChI is InChI=1S/C20H29NO.ClH/c1-4-7-11-17-16-18(21(5-2)6-3)12-13-19(17)20(22)14-9-8-10-15-20;/h12-13,16,22H,4-9,11,14H2,1-3H3;1H. The Balaban J connectivity index is 0.00000264. The average Bonchev–Trinajstić information content (AvgIpc) is 2.55. The molecule has 1 aromatic carbocycles. The molecule has 1 aromatic rings. The number of hydrogen-bond acceptors (Lipinski definition) is 2. The van der Waals surface area contributed by atoms with Crippen LogP contribution in [-0.4, -0.2) is 18.2 Å². The van der Waals surface area contributed by atoms with E-state index in [9.17, 15) is 5.11 Å². The van der Waals surface area contributed by atoms with Gasteiger partial charge in [-0.15, -0.1) is 12.4 Å². The maximum atomic E-state index is 11.0. The summed E-state index contributed by atoms with van der Waals surface area (Å²) in [6.07, 6.45) is 5.98. The molecule has 2 nitrogen and oxygen atoms in total. The number of halogens is 1. The lowest BCUT2D eigenvalue weighted by Crippen LogP contribution is -2.28. The van der Waals surface area contributed by atoms with E-state index in [1.165, 1.54) is 17.7 Å². The zero-order valence-electron chi connectivity index (χ0n) is 14.7. The van der Waals surface area contributed by atoms with Gasteiger partial charge in [-0.2, -0.15) is 0 Å². The largest absolute Gasteiger partial charge is 0.373 e. The highest BCUT2D eigenvalue weighted by atomic mass is 35.5. The van der Waals surface area contributed by atoms with Crippen molar-refractivity contribution in [2.24, 2.45) is 0 Å². The third kappa shape index (κ3) is 4.66. The summed E-state index contributed by atoms with van der Waals surface area (Å²) in [5, 5.41) is 11.0. The van der Waals surface area contributed by atoms with Crippen molar-refractivity contribution in [2.45, 2.75) is 64.9 Å². The van der Waals surface area contributed by atoms with Crippen LogP contribution >= 0.6 is 12.4 Å². The van der Waals surface area contributed by atoms with E-state index >= 15 is 0 Å². The lowest BCUT2D eigenvalue weighted by atomic mass is 9.82. The zero-order valence-corrected chi connectivity index (χ0v) is 15.5. The molecule has 23 heavy (non-hydrogen) atoms. The van der Waals surface area contributed by atoms with E-state index in [1.54, 1.807) is 0 Å². The van der Waals surface area contributed by atoms with Crippen LogP contribution in [0.3, 0.4) is 0 Å². The first-order valence-corrected chi connectivity index (χ1v) is 8.75. The second-order valence-corrected chi connectivity index (χ2v) is 6.13. The molecule has 0 bridgehead atoms. The maximum Gasteiger partial charge on any atom is 0.151 e. The van der Waals surface area contributed by atoms with E-state index in [0.717, 1.165) is 50.8 Å². The van der Waals surface area contributed by atoms with Crippen molar-refractivity contribution in [1.29, 1.82) is 0 Å². The van der Waals surface area contributed by atoms with Crippen LogP contribution < -0.4 is 4.90 Å². The molecule has 0 saturated carbocycles. The summed E-state index contributed by atoms with van der Waals surface area (Å²) >= 11 is 0. The fourth-order valence-electron chi connectivity index (χ4n) is 3.25. The Kier molecular flexibility index (Phi) is 7.95. The number of aliphatic hydroxyl groups is 1. The lowest BCUT2D eigenvalue weighted by molar-refractivity contribution is 0.0842. The maximum absolute atomic E-state index is 11.0. The van der Waals surface area contributed by atoms with Crippen molar-refractivity contribution in [2.75, 3.05) is 18.0 Å². The number of nitrogens with zero attached hydrogens (tertiary/aromatic N) is 1. The van der Waals surface area contributed by atoms with Crippen LogP contribution in [0.4, 0.5) is 5.69 Å². The van der Waals surface area contributed by atoms with Crippen LogP contribution in [-0.2, 0) is 12.0 Å². The van der Waals surface area contributed by atoms with Gasteiger partial charge in [0.2, 0.25) is 0 Å². The molecular formula is C20H30ClNO. The molecule has 0 spiro atoms. The quantitative estimate of drug-likeness (QED) is 0.732. The molecule has 1 N–H and O–H groups in total. The number of benzene rings is 1. The summed E-state index contributed by atoms with van der Waals surface area (Å²) in [6, 6.07) is 6.52. The zero-order chi connectivity index (χ0) is 16.0. The molecule has 0 fully saturated rings. The molecule has 128 valence electrons. The fourth-order valence-corrected chi connectivity index (χ4v) is 3.25. The Labute approximate surface area is 147 Å². The van der Waals surface area contributed by atoms with Crippen LogP contribution in [0.15, 0.2) is 18.2 Å². The van der Waals surface area contributed by atoms with Crippen LogP contribution in [0.5, 0.6) is 0 Å². The molecule has 1 atom stereocenters. The van der Waals surface area contributed by atoms with Gasteiger partial charge >= 0.3 is 0 Å². The molecule has 0 saturated heterocycles. The van der Waals surface area contributed by atoms with Gasteiger partial charge in [-0.1, -0.05) is 31.3 Å². The van der Waals surface area contributed by atoms with Gasteiger partial charge < -0.3 is 10.0 Å². The summed E-state index contributed by atoms with van der Waals surface area (Å²) in [6.45, 7) is 8.59. The second-order valence-electron chi connectivity index (χ2n) is 6.13. The van der Waals surface area contributed by atoms with E-state index in [-0.39, 0.29) is 12.4 Å². The van der Waals surface area contributed by atoms with E-state index in [1.807, 2.05) is 0 Å². The van der Waals surface area contributed by atoms with E-state index < -0.39 is 5.60 Å². The second kappa shape index (κ2) is 9.21. The van der Waals surface area contributed by atoms with Gasteiger partial charge in [0.15, 0.2) is 5.60 Å². The third-order valence-corrected chi connectivity index (χ3v) is 4.60. The van der Waals surface area contributed by atoms with Gasteiger partial charge in [-0.25, -0.2) is 0 Å². The van der Waals surface area contributed by atoms with Crippen LogP contribution in [0.1, 0.15) is 64.0 Å². The summed E-state index contributed by atoms with van der Waals surface area (Å²) < 4.78 is 0. The van der Waals surface area contributed by atoms with E-state index in [4.69, 9.17) is 0 Å². The van der Waals surface area contributed by atoms with Crippen molar-refractivity contribution < 1.29 is 5.11 Å². The van der Waals surface area contributed by atoms with Crippen molar-refractivity contribution in [3.8, 4) is 11.8 Å². The summed E-state index contributed by atoms with van der Waals surface area (Å²) in [4.78, 5) is 2.36. The molecule has 2 rings (SSSR count). The first-order valence-electron chi connectivity index (χ1n) is 8.75. The Morgan fingerprint density at radius 2 is 1.96 bits per heavy atom. The number of hydrogen-bond donors (Lipinski definition) is 1. The first-order chi connectivity index (χ1) is 10.6. The molecular weight excluding hydrogens is 306 g/mol. The van der Waals surface area contributed by atoms with Crippen molar-refractivity contribution in [1.82, 2.24) is 0 Å². The summed E-state index contributed by atoms with van der Waals surface area (Å²) in [5.74, 6) is 6.20. The summed E-state index contributed by atoms with van der Waals surface area (Å²) in [5.41, 5.74) is 2.62. The van der Waals surface area contributed by atoms with E-state index in [2.05, 4.69) is 55.7 Å². The van der Waals surface area contributed by atoms with E-state index in [0.29, 0.717) is 0 Å². The van der Waals surface area contributed by atoms with Crippen LogP contribution in [0.2, 0.25) is 0 Å². The normalized spacial score (nSPS) is 19.5. The van der Waals surface area contributed by atoms with Crippen molar-refractivity contribution in [3.05, 3.63) is 29.3 Å². The van der Waals surface area contributed by atoms with Crippen molar-refractivity contribution >= 4 is 18.1 Å². The highest BCUT2D eigenvalue weighted by Gasteiger charge is 2.30. The van der Waals surface area contributed by atoms with Gasteiger partial charge in [0.25, 0.3) is 0 Å². The number of aryl methyl sites for hydroxylation is 1. The van der Waals surface area contributed by atoms with Gasteiger partial charge in [-0.05, 0) is 62.8 Å². The SMILES string of the molecule is CCCCc1cc(N(CC)CC)ccc1C1(O)C#CCCC1.Cl. The molecule has 0 aromatic heterocycles. The van der Waals surface area contributed by atoms with Gasteiger partial charge in [0.05, 0.1) is 0 Å². The third-order valence-electron chi connectivity index (χ3n) is 4.60. The molecule has 3 heteroatoms. The molecule has 0 heterocycles. The molecule has 1 aliphatic carbocycles. The Morgan fingerprint density at radius 1 is 1.22 bits per heavy atom. The molecule has 0 amide bonds. The Hall–Kier alpha value is -1.17. The average molecular weight is 336 g/mol. The molecule has 1 aliphatic rings. The molecule has 0 aliphatic heterocycles. The van der Waals surface area contributed by atoms with Crippen molar-refractivity contribution in [3.63, 3.8) is 0 Å². The Bertz CT molecular complexity index is 556. The minimum atomic E-state index is -0.941. The first kappa shape index (κ1) is 19.9. The van der Waals surface area contributed by atoms with Gasteiger partial charge in [-0.3, -0.25) is 0 Å². The number of unbranched alkanes of at least 4 members (excludes halogenated alkanes) is 1. The summed E-state index contributed by atoms with van der Waals surface area (Å²) in [7, 11) is 0. The molecule has 1 unspecified atom stereocenters. The predicted molar refractivity (Wildman–Crippen MR) is 101 cm³/mol. The smallest absolute Gasteiger partial charge is 0.151 e. The highest BCUT2D eigenvalue weighted by Crippen LogP contribution is 2.34. The molecule has 0 radical (unpaired) electrons. The topological polar surface area (TPSA) is 23.5 Å². The highest BCUT2D eigenvalue weighted by molar-refractivity contribution is 5.85. The van der Waals surface area contributed by atoms with Crippen LogP contribution in [0, 0.1) is 11.8 Å². The monoisotopic (exact) mass is 335 g/mol. The van der Waals surface area contributed by atoms with Gasteiger partial charge in [0, 0.05) is 25.2 Å². The predicted octanol–water partition coefficient (Wildman–Crippen LogP) is 4.67. The van der Waals surface area contributed by atoms with Gasteiger partial charge in [0.1, 0.15) is 0 Å². The Morgan fingerprint density at radius 3 is 2.52 bits per heavy atom. The minimum Gasteiger partial charge on any atom is -0.373 e. The minimum absolute atomic E-state index is 0. The number of anilines is 1. The fraction of sp³-hybridized carbons (Fsp3) is 0.600. The van der Waals surface area contributed by atoms with Crippen LogP contribution in [0.25, 0.3) is 0 Å². The lowest BCUT2D eigenvalue weighted by Gasteiger charge is -2.29. The number of rotatable bonds is 7.